The van der Waals surface area contributed by atoms with Crippen molar-refractivity contribution in [3.63, 3.8) is 0 Å². The smallest absolute Gasteiger partial charge is 0.248 e. The maximum atomic E-state index is 12.2. The Labute approximate surface area is 124 Å². The minimum Gasteiger partial charge on any atom is -0.312 e. The topological polar surface area (TPSA) is 58.6 Å². The van der Waals surface area contributed by atoms with Gasteiger partial charge in [0.25, 0.3) is 0 Å². The molecule has 2 aliphatic rings. The second kappa shape index (κ2) is 5.85. The molecule has 21 heavy (non-hydrogen) atoms. The number of hydrogen-bond donors (Lipinski definition) is 1. The Morgan fingerprint density at radius 2 is 2.19 bits per heavy atom. The van der Waals surface area contributed by atoms with Crippen LogP contribution < -0.4 is 10.4 Å². The zero-order valence-electron chi connectivity index (χ0n) is 12.2. The first-order chi connectivity index (χ1) is 10.2. The minimum absolute atomic E-state index is 0.00426. The average molecular weight is 288 g/mol. The van der Waals surface area contributed by atoms with Gasteiger partial charge in [-0.2, -0.15) is 0 Å². The van der Waals surface area contributed by atoms with E-state index in [1.165, 1.54) is 17.5 Å². The van der Waals surface area contributed by atoms with Crippen LogP contribution in [-0.4, -0.2) is 25.0 Å². The molecule has 1 N–H and O–H groups in total. The summed E-state index contributed by atoms with van der Waals surface area (Å²) in [5.41, 5.74) is 6.02. The summed E-state index contributed by atoms with van der Waals surface area (Å²) in [5, 5.41) is 0. The van der Waals surface area contributed by atoms with Crippen LogP contribution in [0.15, 0.2) is 18.2 Å². The van der Waals surface area contributed by atoms with Crippen LogP contribution in [0.2, 0.25) is 0 Å². The van der Waals surface area contributed by atoms with E-state index >= 15 is 0 Å². The number of rotatable bonds is 4. The van der Waals surface area contributed by atoms with Gasteiger partial charge in [-0.25, -0.2) is 5.48 Å². The van der Waals surface area contributed by atoms with E-state index in [0.29, 0.717) is 13.2 Å². The normalized spacial score (nSPS) is 20.7. The molecule has 0 saturated carbocycles. The molecule has 112 valence electrons. The van der Waals surface area contributed by atoms with Crippen LogP contribution in [-0.2, 0) is 27.3 Å². The third kappa shape index (κ3) is 2.78. The lowest BCUT2D eigenvalue weighted by Crippen LogP contribution is -2.33. The van der Waals surface area contributed by atoms with Crippen molar-refractivity contribution >= 4 is 17.5 Å². The number of benzene rings is 1. The first kappa shape index (κ1) is 14.1. The van der Waals surface area contributed by atoms with Crippen molar-refractivity contribution in [2.24, 2.45) is 5.92 Å². The SMILES string of the molecule is CCONC(=O)C1CC(=O)N(c2ccc3c(c2)CCC3)C1. The molecule has 1 aliphatic carbocycles. The largest absolute Gasteiger partial charge is 0.312 e. The predicted molar refractivity (Wildman–Crippen MR) is 78.7 cm³/mol. The first-order valence-corrected chi connectivity index (χ1v) is 7.53. The van der Waals surface area contributed by atoms with E-state index < -0.39 is 0 Å². The fraction of sp³-hybridized carbons (Fsp3) is 0.500. The van der Waals surface area contributed by atoms with Crippen molar-refractivity contribution in [2.75, 3.05) is 18.1 Å². The molecule has 0 spiro atoms. The standard InChI is InChI=1S/C16H20N2O3/c1-2-21-17-16(20)13-9-15(19)18(10-13)14-7-6-11-4-3-5-12(11)8-14/h6-8,13H,2-5,9-10H2,1H3,(H,17,20). The third-order valence-electron chi connectivity index (χ3n) is 4.21. The van der Waals surface area contributed by atoms with Gasteiger partial charge in [-0.1, -0.05) is 6.07 Å². The summed E-state index contributed by atoms with van der Waals surface area (Å²) in [6.45, 7) is 2.65. The molecule has 1 heterocycles. The Bertz CT molecular complexity index is 571. The van der Waals surface area contributed by atoms with Crippen molar-refractivity contribution in [3.8, 4) is 0 Å². The lowest BCUT2D eigenvalue weighted by Gasteiger charge is -2.17. The number of hydroxylamine groups is 1. The highest BCUT2D eigenvalue weighted by atomic mass is 16.6. The quantitative estimate of drug-likeness (QED) is 0.856. The molecule has 1 aromatic carbocycles. The van der Waals surface area contributed by atoms with Gasteiger partial charge in [-0.3, -0.25) is 14.4 Å². The van der Waals surface area contributed by atoms with Gasteiger partial charge in [-0.15, -0.1) is 0 Å². The van der Waals surface area contributed by atoms with E-state index in [4.69, 9.17) is 4.84 Å². The molecule has 5 heteroatoms. The number of anilines is 1. The fourth-order valence-corrected chi connectivity index (χ4v) is 3.09. The molecular formula is C16H20N2O3. The van der Waals surface area contributed by atoms with Gasteiger partial charge in [0.2, 0.25) is 11.8 Å². The van der Waals surface area contributed by atoms with Crippen LogP contribution in [0.3, 0.4) is 0 Å². The summed E-state index contributed by atoms with van der Waals surface area (Å²) >= 11 is 0. The van der Waals surface area contributed by atoms with Crippen molar-refractivity contribution in [1.29, 1.82) is 0 Å². The molecular weight excluding hydrogens is 268 g/mol. The highest BCUT2D eigenvalue weighted by Gasteiger charge is 2.35. The molecule has 1 unspecified atom stereocenters. The Hall–Kier alpha value is -1.88. The van der Waals surface area contributed by atoms with Crippen LogP contribution in [0.5, 0.6) is 0 Å². The summed E-state index contributed by atoms with van der Waals surface area (Å²) in [7, 11) is 0. The molecule has 5 nitrogen and oxygen atoms in total. The van der Waals surface area contributed by atoms with Crippen LogP contribution in [0.4, 0.5) is 5.69 Å². The molecule has 1 aliphatic heterocycles. The lowest BCUT2D eigenvalue weighted by atomic mass is 10.1. The molecule has 3 rings (SSSR count). The third-order valence-corrected chi connectivity index (χ3v) is 4.21. The van der Waals surface area contributed by atoms with Gasteiger partial charge < -0.3 is 4.90 Å². The van der Waals surface area contributed by atoms with E-state index in [2.05, 4.69) is 17.6 Å². The monoisotopic (exact) mass is 288 g/mol. The molecule has 0 bridgehead atoms. The van der Waals surface area contributed by atoms with Crippen LogP contribution in [0.25, 0.3) is 0 Å². The van der Waals surface area contributed by atoms with Gasteiger partial charge in [-0.05, 0) is 49.4 Å². The van der Waals surface area contributed by atoms with E-state index in [9.17, 15) is 9.59 Å². The van der Waals surface area contributed by atoms with Gasteiger partial charge in [0.1, 0.15) is 0 Å². The Balaban J connectivity index is 1.72. The van der Waals surface area contributed by atoms with Gasteiger partial charge >= 0.3 is 0 Å². The highest BCUT2D eigenvalue weighted by molar-refractivity contribution is 6.00. The van der Waals surface area contributed by atoms with Gasteiger partial charge in [0.15, 0.2) is 0 Å². The molecule has 0 aromatic heterocycles. The average Bonchev–Trinajstić information content (AvgIpc) is 3.10. The number of hydrogen-bond acceptors (Lipinski definition) is 3. The lowest BCUT2D eigenvalue weighted by molar-refractivity contribution is -0.137. The molecule has 2 amide bonds. The molecule has 1 saturated heterocycles. The number of carbonyl (C=O) groups is 2. The first-order valence-electron chi connectivity index (χ1n) is 7.53. The predicted octanol–water partition coefficient (Wildman–Crippen LogP) is 1.60. The number of nitrogens with one attached hydrogen (secondary N) is 1. The van der Waals surface area contributed by atoms with E-state index in [1.54, 1.807) is 11.8 Å². The second-order valence-corrected chi connectivity index (χ2v) is 5.61. The number of carbonyl (C=O) groups excluding carboxylic acids is 2. The van der Waals surface area contributed by atoms with E-state index in [0.717, 1.165) is 18.5 Å². The number of fused-ring (bicyclic) bond motifs is 1. The highest BCUT2D eigenvalue weighted by Crippen LogP contribution is 2.30. The second-order valence-electron chi connectivity index (χ2n) is 5.61. The number of amides is 2. The van der Waals surface area contributed by atoms with Gasteiger partial charge in [0, 0.05) is 18.7 Å². The summed E-state index contributed by atoms with van der Waals surface area (Å²) in [6, 6.07) is 6.20. The van der Waals surface area contributed by atoms with Crippen LogP contribution in [0, 0.1) is 5.92 Å². The maximum absolute atomic E-state index is 12.2. The molecule has 0 radical (unpaired) electrons. The van der Waals surface area contributed by atoms with Crippen LogP contribution in [0.1, 0.15) is 30.9 Å². The Kier molecular flexibility index (Phi) is 3.92. The minimum atomic E-state index is -0.336. The van der Waals surface area contributed by atoms with Gasteiger partial charge in [0.05, 0.1) is 12.5 Å². The number of aryl methyl sites for hydroxylation is 2. The molecule has 1 fully saturated rings. The Morgan fingerprint density at radius 3 is 3.00 bits per heavy atom. The van der Waals surface area contributed by atoms with Crippen molar-refractivity contribution < 1.29 is 14.4 Å². The summed E-state index contributed by atoms with van der Waals surface area (Å²) in [4.78, 5) is 30.7. The molecule has 1 atom stereocenters. The fourth-order valence-electron chi connectivity index (χ4n) is 3.09. The summed E-state index contributed by atoms with van der Waals surface area (Å²) in [6.07, 6.45) is 3.64. The van der Waals surface area contributed by atoms with E-state index in [-0.39, 0.29) is 24.2 Å². The summed E-state index contributed by atoms with van der Waals surface area (Å²) in [5.74, 6) is -0.546. The summed E-state index contributed by atoms with van der Waals surface area (Å²) < 4.78 is 0. The van der Waals surface area contributed by atoms with Crippen molar-refractivity contribution in [3.05, 3.63) is 29.3 Å². The molecule has 1 aromatic rings. The zero-order valence-corrected chi connectivity index (χ0v) is 12.2. The number of nitrogens with zero attached hydrogens (tertiary/aromatic N) is 1. The van der Waals surface area contributed by atoms with Crippen LogP contribution >= 0.6 is 0 Å². The van der Waals surface area contributed by atoms with Crippen molar-refractivity contribution in [1.82, 2.24) is 5.48 Å². The van der Waals surface area contributed by atoms with Crippen molar-refractivity contribution in [2.45, 2.75) is 32.6 Å². The zero-order chi connectivity index (χ0) is 14.8. The maximum Gasteiger partial charge on any atom is 0.248 e. The Morgan fingerprint density at radius 1 is 1.38 bits per heavy atom. The van der Waals surface area contributed by atoms with E-state index in [1.807, 2.05) is 6.07 Å².